The summed E-state index contributed by atoms with van der Waals surface area (Å²) in [7, 11) is 1.99. The van der Waals surface area contributed by atoms with E-state index >= 15 is 0 Å². The maximum atomic E-state index is 5.44. The Balaban J connectivity index is 1.42. The molecule has 1 aliphatic rings. The number of morpholine rings is 1. The van der Waals surface area contributed by atoms with Crippen LogP contribution in [0.25, 0.3) is 11.3 Å². The lowest BCUT2D eigenvalue weighted by molar-refractivity contribution is 0.121. The van der Waals surface area contributed by atoms with E-state index in [1.165, 1.54) is 0 Å². The van der Waals surface area contributed by atoms with Gasteiger partial charge in [-0.25, -0.2) is 0 Å². The van der Waals surface area contributed by atoms with Gasteiger partial charge in [0.25, 0.3) is 0 Å². The summed E-state index contributed by atoms with van der Waals surface area (Å²) in [5.41, 5.74) is 1.92. The van der Waals surface area contributed by atoms with Crippen LogP contribution in [0.15, 0.2) is 46.1 Å². The summed E-state index contributed by atoms with van der Waals surface area (Å²) in [5.74, 6) is 2.35. The van der Waals surface area contributed by atoms with Gasteiger partial charge in [-0.3, -0.25) is 4.57 Å². The van der Waals surface area contributed by atoms with Gasteiger partial charge in [0, 0.05) is 37.5 Å². The van der Waals surface area contributed by atoms with Crippen molar-refractivity contribution in [2.45, 2.75) is 10.9 Å². The number of nitrogens with zero attached hydrogens (tertiary/aromatic N) is 5. The number of anilines is 1. The Kier molecular flexibility index (Phi) is 4.71. The highest BCUT2D eigenvalue weighted by Gasteiger charge is 2.19. The van der Waals surface area contributed by atoms with Crippen LogP contribution in [0.5, 0.6) is 0 Å². The zero-order valence-electron chi connectivity index (χ0n) is 14.0. The average Bonchev–Trinajstić information content (AvgIpc) is 3.28. The molecule has 1 fully saturated rings. The number of hydrogen-bond donors (Lipinski definition) is 0. The molecule has 0 bridgehead atoms. The third-order valence-electron chi connectivity index (χ3n) is 4.07. The van der Waals surface area contributed by atoms with Crippen molar-refractivity contribution in [3.63, 3.8) is 0 Å². The summed E-state index contributed by atoms with van der Waals surface area (Å²) in [6.07, 6.45) is 0. The van der Waals surface area contributed by atoms with E-state index in [2.05, 4.69) is 20.3 Å². The molecule has 3 heterocycles. The van der Waals surface area contributed by atoms with Crippen LogP contribution >= 0.6 is 11.8 Å². The lowest BCUT2D eigenvalue weighted by Crippen LogP contribution is -2.37. The van der Waals surface area contributed by atoms with Crippen LogP contribution in [0.3, 0.4) is 0 Å². The SMILES string of the molecule is Cn1c(SCc2cc(-c3ccccc3)on2)nnc1N1CCOCC1. The van der Waals surface area contributed by atoms with Gasteiger partial charge in [0.05, 0.1) is 18.9 Å². The monoisotopic (exact) mass is 357 g/mol. The highest BCUT2D eigenvalue weighted by Crippen LogP contribution is 2.26. The summed E-state index contributed by atoms with van der Waals surface area (Å²) >= 11 is 1.60. The van der Waals surface area contributed by atoms with Crippen molar-refractivity contribution < 1.29 is 9.26 Å². The number of hydrogen-bond acceptors (Lipinski definition) is 7. The Labute approximate surface area is 150 Å². The third kappa shape index (κ3) is 3.54. The maximum Gasteiger partial charge on any atom is 0.227 e. The summed E-state index contributed by atoms with van der Waals surface area (Å²) in [5, 5.41) is 13.6. The molecule has 1 aromatic carbocycles. The molecule has 0 saturated carbocycles. The Morgan fingerprint density at radius 3 is 2.72 bits per heavy atom. The zero-order chi connectivity index (χ0) is 17.1. The molecule has 0 aliphatic carbocycles. The van der Waals surface area contributed by atoms with Crippen LogP contribution < -0.4 is 4.90 Å². The molecule has 0 amide bonds. The molecule has 130 valence electrons. The molecule has 8 heteroatoms. The first-order valence-corrected chi connectivity index (χ1v) is 9.16. The van der Waals surface area contributed by atoms with Crippen molar-refractivity contribution in [2.24, 2.45) is 7.05 Å². The van der Waals surface area contributed by atoms with Gasteiger partial charge < -0.3 is 14.2 Å². The molecule has 7 nitrogen and oxygen atoms in total. The van der Waals surface area contributed by atoms with E-state index in [1.54, 1.807) is 11.8 Å². The minimum absolute atomic E-state index is 0.686. The molecular formula is C17H19N5O2S. The highest BCUT2D eigenvalue weighted by atomic mass is 32.2. The molecule has 0 N–H and O–H groups in total. The lowest BCUT2D eigenvalue weighted by Gasteiger charge is -2.27. The second-order valence-corrected chi connectivity index (χ2v) is 6.72. The lowest BCUT2D eigenvalue weighted by atomic mass is 10.2. The number of benzene rings is 1. The van der Waals surface area contributed by atoms with E-state index in [1.807, 2.05) is 48.0 Å². The van der Waals surface area contributed by atoms with Crippen molar-refractivity contribution in [1.29, 1.82) is 0 Å². The summed E-state index contributed by atoms with van der Waals surface area (Å²) in [6, 6.07) is 11.9. The van der Waals surface area contributed by atoms with Crippen molar-refractivity contribution >= 4 is 17.7 Å². The Morgan fingerprint density at radius 2 is 1.92 bits per heavy atom. The van der Waals surface area contributed by atoms with E-state index in [4.69, 9.17) is 9.26 Å². The number of aromatic nitrogens is 4. The first-order valence-electron chi connectivity index (χ1n) is 8.17. The van der Waals surface area contributed by atoms with Gasteiger partial charge in [0.1, 0.15) is 0 Å². The number of rotatable bonds is 5. The Morgan fingerprint density at radius 1 is 1.12 bits per heavy atom. The standard InChI is InChI=1S/C17H19N5O2S/c1-21-16(22-7-9-23-10-8-22)18-19-17(21)25-12-14-11-15(24-20-14)13-5-3-2-4-6-13/h2-6,11H,7-10,12H2,1H3. The molecule has 0 atom stereocenters. The molecule has 25 heavy (non-hydrogen) atoms. The van der Waals surface area contributed by atoms with Crippen molar-refractivity contribution in [1.82, 2.24) is 19.9 Å². The zero-order valence-corrected chi connectivity index (χ0v) is 14.8. The molecule has 0 radical (unpaired) electrons. The van der Waals surface area contributed by atoms with Crippen LogP contribution in [-0.2, 0) is 17.5 Å². The van der Waals surface area contributed by atoms with Gasteiger partial charge in [-0.1, -0.05) is 47.3 Å². The molecule has 0 spiro atoms. The van der Waals surface area contributed by atoms with Crippen LogP contribution in [0, 0.1) is 0 Å². The largest absolute Gasteiger partial charge is 0.378 e. The fourth-order valence-corrected chi connectivity index (χ4v) is 3.52. The van der Waals surface area contributed by atoms with E-state index in [-0.39, 0.29) is 0 Å². The smallest absolute Gasteiger partial charge is 0.227 e. The molecule has 2 aromatic heterocycles. The van der Waals surface area contributed by atoms with Crippen LogP contribution in [0.2, 0.25) is 0 Å². The fourth-order valence-electron chi connectivity index (χ4n) is 2.73. The Hall–Kier alpha value is -2.32. The fraction of sp³-hybridized carbons (Fsp3) is 0.353. The van der Waals surface area contributed by atoms with E-state index in [0.717, 1.165) is 54.4 Å². The Bertz CT molecular complexity index is 827. The van der Waals surface area contributed by atoms with Crippen molar-refractivity contribution in [2.75, 3.05) is 31.2 Å². The van der Waals surface area contributed by atoms with Crippen LogP contribution in [0.1, 0.15) is 5.69 Å². The quantitative estimate of drug-likeness (QED) is 0.650. The third-order valence-corrected chi connectivity index (χ3v) is 5.13. The summed E-state index contributed by atoms with van der Waals surface area (Å²) < 4.78 is 12.9. The minimum atomic E-state index is 0.686. The number of thioether (sulfide) groups is 1. The van der Waals surface area contributed by atoms with Gasteiger partial charge >= 0.3 is 0 Å². The second kappa shape index (κ2) is 7.28. The van der Waals surface area contributed by atoms with Gasteiger partial charge in [-0.05, 0) is 0 Å². The first-order chi connectivity index (χ1) is 12.3. The average molecular weight is 357 g/mol. The summed E-state index contributed by atoms with van der Waals surface area (Å²) in [6.45, 7) is 3.16. The normalized spacial score (nSPS) is 14.8. The summed E-state index contributed by atoms with van der Waals surface area (Å²) in [4.78, 5) is 2.20. The molecule has 4 rings (SSSR count). The van der Waals surface area contributed by atoms with Crippen molar-refractivity contribution in [3.8, 4) is 11.3 Å². The van der Waals surface area contributed by atoms with E-state index in [9.17, 15) is 0 Å². The molecule has 0 unspecified atom stereocenters. The molecule has 1 aliphatic heterocycles. The van der Waals surface area contributed by atoms with Crippen molar-refractivity contribution in [3.05, 3.63) is 42.1 Å². The second-order valence-electron chi connectivity index (χ2n) is 5.78. The van der Waals surface area contributed by atoms with E-state index in [0.29, 0.717) is 5.75 Å². The molecule has 3 aromatic rings. The minimum Gasteiger partial charge on any atom is -0.378 e. The van der Waals surface area contributed by atoms with Crippen LogP contribution in [0.4, 0.5) is 5.95 Å². The maximum absolute atomic E-state index is 5.44. The highest BCUT2D eigenvalue weighted by molar-refractivity contribution is 7.98. The first kappa shape index (κ1) is 16.2. The van der Waals surface area contributed by atoms with E-state index < -0.39 is 0 Å². The predicted octanol–water partition coefficient (Wildman–Crippen LogP) is 2.60. The molecule has 1 saturated heterocycles. The van der Waals surface area contributed by atoms with Crippen LogP contribution in [-0.4, -0.2) is 46.2 Å². The van der Waals surface area contributed by atoms with Gasteiger partial charge in [-0.2, -0.15) is 0 Å². The number of ether oxygens (including phenoxy) is 1. The van der Waals surface area contributed by atoms with Gasteiger partial charge in [0.15, 0.2) is 10.9 Å². The van der Waals surface area contributed by atoms with Gasteiger partial charge in [-0.15, -0.1) is 10.2 Å². The predicted molar refractivity (Wildman–Crippen MR) is 95.5 cm³/mol. The molecular weight excluding hydrogens is 338 g/mol. The van der Waals surface area contributed by atoms with Gasteiger partial charge in [0.2, 0.25) is 5.95 Å². The topological polar surface area (TPSA) is 69.2 Å².